The lowest BCUT2D eigenvalue weighted by atomic mass is 10.0. The van der Waals surface area contributed by atoms with Gasteiger partial charge < -0.3 is 10.6 Å². The third kappa shape index (κ3) is 6.88. The number of carbonyl (C=O) groups excluding carboxylic acids is 2. The lowest BCUT2D eigenvalue weighted by molar-refractivity contribution is -0.127. The van der Waals surface area contributed by atoms with Crippen molar-refractivity contribution >= 4 is 17.9 Å². The summed E-state index contributed by atoms with van der Waals surface area (Å²) < 4.78 is 0. The van der Waals surface area contributed by atoms with Crippen LogP contribution in [0.25, 0.3) is 6.08 Å². The smallest absolute Gasteiger partial charge is 0.244 e. The van der Waals surface area contributed by atoms with Crippen molar-refractivity contribution in [2.75, 3.05) is 13.1 Å². The summed E-state index contributed by atoms with van der Waals surface area (Å²) in [6.07, 6.45) is 5.05. The summed E-state index contributed by atoms with van der Waals surface area (Å²) in [6.45, 7) is 4.58. The third-order valence-corrected chi connectivity index (χ3v) is 5.16. The van der Waals surface area contributed by atoms with E-state index in [1.807, 2.05) is 36.4 Å². The van der Waals surface area contributed by atoms with Gasteiger partial charge >= 0.3 is 0 Å². The summed E-state index contributed by atoms with van der Waals surface area (Å²) in [5.41, 5.74) is 2.26. The van der Waals surface area contributed by atoms with Crippen LogP contribution in [0, 0.1) is 0 Å². The largest absolute Gasteiger partial charge is 0.351 e. The number of rotatable bonds is 7. The van der Waals surface area contributed by atoms with Gasteiger partial charge in [-0.2, -0.15) is 0 Å². The van der Waals surface area contributed by atoms with Crippen LogP contribution in [0.15, 0.2) is 66.7 Å². The average molecular weight is 392 g/mol. The quantitative estimate of drug-likeness (QED) is 0.714. The highest BCUT2D eigenvalue weighted by Crippen LogP contribution is 2.14. The molecule has 0 radical (unpaired) electrons. The van der Waals surface area contributed by atoms with Crippen molar-refractivity contribution in [1.29, 1.82) is 0 Å². The Labute approximate surface area is 172 Å². The van der Waals surface area contributed by atoms with Crippen LogP contribution in [0.2, 0.25) is 0 Å². The van der Waals surface area contributed by atoms with Gasteiger partial charge in [0.25, 0.3) is 0 Å². The summed E-state index contributed by atoms with van der Waals surface area (Å²) in [7, 11) is 0. The molecule has 29 heavy (non-hydrogen) atoms. The molecule has 0 aromatic heterocycles. The number of piperidine rings is 1. The SMILES string of the molecule is CC(NC(=O)C=Cc1ccccc1)C(=O)NC1CCN(Cc2ccccc2)CC1. The van der Waals surface area contributed by atoms with Gasteiger partial charge in [0.15, 0.2) is 0 Å². The lowest BCUT2D eigenvalue weighted by Crippen LogP contribution is -2.50. The van der Waals surface area contributed by atoms with E-state index < -0.39 is 6.04 Å². The first-order valence-corrected chi connectivity index (χ1v) is 10.2. The average Bonchev–Trinajstić information content (AvgIpc) is 2.75. The number of nitrogens with one attached hydrogen (secondary N) is 2. The van der Waals surface area contributed by atoms with Crippen LogP contribution in [0.4, 0.5) is 0 Å². The van der Waals surface area contributed by atoms with Crippen LogP contribution >= 0.6 is 0 Å². The van der Waals surface area contributed by atoms with Crippen LogP contribution in [-0.2, 0) is 16.1 Å². The maximum atomic E-state index is 12.4. The fourth-order valence-corrected chi connectivity index (χ4v) is 3.47. The Morgan fingerprint density at radius 3 is 2.31 bits per heavy atom. The standard InChI is InChI=1S/C24H29N3O2/c1-19(25-23(28)13-12-20-8-4-2-5-9-20)24(29)26-22-14-16-27(17-15-22)18-21-10-6-3-7-11-21/h2-13,19,22H,14-18H2,1H3,(H,25,28)(H,26,29). The molecule has 1 unspecified atom stereocenters. The molecular formula is C24H29N3O2. The Balaban J connectivity index is 1.38. The van der Waals surface area contributed by atoms with Crippen molar-refractivity contribution in [3.63, 3.8) is 0 Å². The normalized spacial score (nSPS) is 16.4. The second-order valence-corrected chi connectivity index (χ2v) is 7.52. The van der Waals surface area contributed by atoms with Crippen LogP contribution in [0.1, 0.15) is 30.9 Å². The number of hydrogen-bond donors (Lipinski definition) is 2. The van der Waals surface area contributed by atoms with Gasteiger partial charge in [-0.1, -0.05) is 60.7 Å². The topological polar surface area (TPSA) is 61.4 Å². The first kappa shape index (κ1) is 20.8. The van der Waals surface area contributed by atoms with Crippen LogP contribution < -0.4 is 10.6 Å². The zero-order valence-electron chi connectivity index (χ0n) is 16.9. The molecule has 1 atom stereocenters. The Morgan fingerprint density at radius 1 is 1.03 bits per heavy atom. The molecule has 5 nitrogen and oxygen atoms in total. The van der Waals surface area contributed by atoms with Gasteiger partial charge in [-0.05, 0) is 37.0 Å². The molecule has 2 aromatic carbocycles. The highest BCUT2D eigenvalue weighted by Gasteiger charge is 2.23. The molecule has 152 valence electrons. The van der Waals surface area contributed by atoms with Gasteiger partial charge in [0.1, 0.15) is 6.04 Å². The fraction of sp³-hybridized carbons (Fsp3) is 0.333. The van der Waals surface area contributed by atoms with E-state index in [4.69, 9.17) is 0 Å². The van der Waals surface area contributed by atoms with Gasteiger partial charge in [0.2, 0.25) is 11.8 Å². The molecule has 3 rings (SSSR count). The summed E-state index contributed by atoms with van der Waals surface area (Å²) in [5.74, 6) is -0.401. The zero-order chi connectivity index (χ0) is 20.5. The third-order valence-electron chi connectivity index (χ3n) is 5.16. The molecule has 5 heteroatoms. The van der Waals surface area contributed by atoms with Crippen molar-refractivity contribution in [3.05, 3.63) is 77.9 Å². The molecular weight excluding hydrogens is 362 g/mol. The molecule has 1 saturated heterocycles. The first-order chi connectivity index (χ1) is 14.1. The predicted octanol–water partition coefficient (Wildman–Crippen LogP) is 2.99. The first-order valence-electron chi connectivity index (χ1n) is 10.2. The van der Waals surface area contributed by atoms with Crippen molar-refractivity contribution < 1.29 is 9.59 Å². The number of nitrogens with zero attached hydrogens (tertiary/aromatic N) is 1. The van der Waals surface area contributed by atoms with E-state index in [1.54, 1.807) is 13.0 Å². The maximum absolute atomic E-state index is 12.4. The Kier molecular flexibility index (Phi) is 7.59. The van der Waals surface area contributed by atoms with E-state index in [1.165, 1.54) is 11.6 Å². The maximum Gasteiger partial charge on any atom is 0.244 e. The van der Waals surface area contributed by atoms with E-state index >= 15 is 0 Å². The molecule has 0 aliphatic carbocycles. The molecule has 1 heterocycles. The van der Waals surface area contributed by atoms with Crippen LogP contribution in [0.3, 0.4) is 0 Å². The number of benzene rings is 2. The van der Waals surface area contributed by atoms with Gasteiger partial charge in [-0.3, -0.25) is 14.5 Å². The summed E-state index contributed by atoms with van der Waals surface area (Å²) in [5, 5.41) is 5.81. The Morgan fingerprint density at radius 2 is 1.66 bits per heavy atom. The molecule has 2 amide bonds. The lowest BCUT2D eigenvalue weighted by Gasteiger charge is -2.32. The molecule has 0 bridgehead atoms. The number of carbonyl (C=O) groups is 2. The molecule has 1 aliphatic rings. The van der Waals surface area contributed by atoms with Crippen molar-refractivity contribution in [1.82, 2.24) is 15.5 Å². The highest BCUT2D eigenvalue weighted by molar-refractivity contribution is 5.95. The summed E-state index contributed by atoms with van der Waals surface area (Å²) in [6, 6.07) is 19.6. The van der Waals surface area contributed by atoms with Gasteiger partial charge in [0.05, 0.1) is 0 Å². The Hall–Kier alpha value is -2.92. The van der Waals surface area contributed by atoms with E-state index in [0.29, 0.717) is 0 Å². The highest BCUT2D eigenvalue weighted by atomic mass is 16.2. The number of amides is 2. The second-order valence-electron chi connectivity index (χ2n) is 7.52. The predicted molar refractivity (Wildman–Crippen MR) is 116 cm³/mol. The van der Waals surface area contributed by atoms with E-state index in [9.17, 15) is 9.59 Å². The molecule has 2 N–H and O–H groups in total. The van der Waals surface area contributed by atoms with Gasteiger partial charge in [-0.25, -0.2) is 0 Å². The van der Waals surface area contributed by atoms with Gasteiger partial charge in [0, 0.05) is 31.8 Å². The van der Waals surface area contributed by atoms with Crippen molar-refractivity contribution in [2.24, 2.45) is 0 Å². The molecule has 0 saturated carbocycles. The summed E-state index contributed by atoms with van der Waals surface area (Å²) in [4.78, 5) is 26.9. The minimum atomic E-state index is -0.565. The Bertz CT molecular complexity index is 813. The van der Waals surface area contributed by atoms with E-state index in [-0.39, 0.29) is 17.9 Å². The number of hydrogen-bond acceptors (Lipinski definition) is 3. The van der Waals surface area contributed by atoms with Crippen molar-refractivity contribution in [2.45, 2.75) is 38.4 Å². The fourth-order valence-electron chi connectivity index (χ4n) is 3.47. The molecule has 1 aliphatic heterocycles. The zero-order valence-corrected chi connectivity index (χ0v) is 16.9. The number of likely N-dealkylation sites (tertiary alicyclic amines) is 1. The van der Waals surface area contributed by atoms with Crippen LogP contribution in [-0.4, -0.2) is 41.9 Å². The molecule has 0 spiro atoms. The van der Waals surface area contributed by atoms with E-state index in [2.05, 4.69) is 39.8 Å². The summed E-state index contributed by atoms with van der Waals surface area (Å²) >= 11 is 0. The molecule has 1 fully saturated rings. The van der Waals surface area contributed by atoms with Gasteiger partial charge in [-0.15, -0.1) is 0 Å². The van der Waals surface area contributed by atoms with Crippen LogP contribution in [0.5, 0.6) is 0 Å². The molecule has 2 aromatic rings. The van der Waals surface area contributed by atoms with Crippen molar-refractivity contribution in [3.8, 4) is 0 Å². The minimum absolute atomic E-state index is 0.132. The monoisotopic (exact) mass is 391 g/mol. The minimum Gasteiger partial charge on any atom is -0.351 e. The second kappa shape index (κ2) is 10.6. The van der Waals surface area contributed by atoms with E-state index in [0.717, 1.165) is 38.0 Å².